The maximum absolute atomic E-state index is 5.56. The second kappa shape index (κ2) is 4.35. The van der Waals surface area contributed by atoms with Crippen LogP contribution in [0.3, 0.4) is 0 Å². The molecule has 82 valence electrons. The van der Waals surface area contributed by atoms with Crippen LogP contribution >= 0.6 is 0 Å². The molecule has 1 aromatic rings. The van der Waals surface area contributed by atoms with E-state index >= 15 is 0 Å². The van der Waals surface area contributed by atoms with Crippen molar-refractivity contribution in [2.75, 3.05) is 31.3 Å². The largest absolute Gasteiger partial charge is 0.477 e. The van der Waals surface area contributed by atoms with E-state index in [0.717, 1.165) is 19.6 Å². The molecule has 0 spiro atoms. The maximum atomic E-state index is 5.56. The molecule has 0 amide bonds. The summed E-state index contributed by atoms with van der Waals surface area (Å²) in [5.74, 6) is 1.30. The normalized spacial score (nSPS) is 20.4. The zero-order chi connectivity index (χ0) is 10.7. The van der Waals surface area contributed by atoms with E-state index in [9.17, 15) is 0 Å². The molecule has 4 N–H and O–H groups in total. The van der Waals surface area contributed by atoms with Crippen LogP contribution in [0.1, 0.15) is 6.42 Å². The lowest BCUT2D eigenvalue weighted by molar-refractivity contribution is 0.165. The highest BCUT2D eigenvalue weighted by molar-refractivity contribution is 5.58. The predicted octanol–water partition coefficient (Wildman–Crippen LogP) is 0.661. The molecule has 2 rings (SSSR count). The summed E-state index contributed by atoms with van der Waals surface area (Å²) in [7, 11) is 0. The molecule has 1 aromatic heterocycles. The van der Waals surface area contributed by atoms with Gasteiger partial charge in [0.25, 0.3) is 0 Å². The molecule has 1 atom stereocenters. The summed E-state index contributed by atoms with van der Waals surface area (Å²) in [4.78, 5) is 4.02. The number of nitrogen functional groups attached to an aromatic ring is 2. The van der Waals surface area contributed by atoms with Crippen LogP contribution in [0.4, 0.5) is 11.5 Å². The van der Waals surface area contributed by atoms with Gasteiger partial charge in [0, 0.05) is 18.6 Å². The van der Waals surface area contributed by atoms with Crippen LogP contribution < -0.4 is 16.2 Å². The first kappa shape index (κ1) is 10.0. The minimum absolute atomic E-state index is 0.315. The molecule has 5 nitrogen and oxygen atoms in total. The number of nitrogens with zero attached hydrogens (tertiary/aromatic N) is 1. The van der Waals surface area contributed by atoms with E-state index in [1.807, 2.05) is 0 Å². The maximum Gasteiger partial charge on any atom is 0.215 e. The van der Waals surface area contributed by atoms with Gasteiger partial charge in [0.15, 0.2) is 5.82 Å². The number of rotatable bonds is 3. The first-order valence-corrected chi connectivity index (χ1v) is 4.98. The number of hydrogen-bond acceptors (Lipinski definition) is 5. The molecule has 0 radical (unpaired) electrons. The third-order valence-corrected chi connectivity index (χ3v) is 2.42. The molecule has 15 heavy (non-hydrogen) atoms. The second-order valence-electron chi connectivity index (χ2n) is 3.66. The van der Waals surface area contributed by atoms with Crippen LogP contribution in [0, 0.1) is 5.92 Å². The van der Waals surface area contributed by atoms with Crippen molar-refractivity contribution in [1.29, 1.82) is 0 Å². The highest BCUT2D eigenvalue weighted by atomic mass is 16.5. The van der Waals surface area contributed by atoms with Gasteiger partial charge >= 0.3 is 0 Å². The molecule has 1 aliphatic rings. The Balaban J connectivity index is 1.90. The topological polar surface area (TPSA) is 83.4 Å². The fourth-order valence-corrected chi connectivity index (χ4v) is 1.47. The summed E-state index contributed by atoms with van der Waals surface area (Å²) in [5, 5.41) is 0. The summed E-state index contributed by atoms with van der Waals surface area (Å²) in [6, 6.07) is 3.42. The molecule has 0 aliphatic carbocycles. The third kappa shape index (κ3) is 2.50. The SMILES string of the molecule is Nc1ccc(OCC2CCOC2)nc1N. The predicted molar refractivity (Wildman–Crippen MR) is 57.5 cm³/mol. The highest BCUT2D eigenvalue weighted by Crippen LogP contribution is 2.18. The van der Waals surface area contributed by atoms with Gasteiger partial charge in [-0.2, -0.15) is 4.98 Å². The highest BCUT2D eigenvalue weighted by Gasteiger charge is 2.16. The van der Waals surface area contributed by atoms with Crippen molar-refractivity contribution in [3.05, 3.63) is 12.1 Å². The first-order chi connectivity index (χ1) is 7.25. The smallest absolute Gasteiger partial charge is 0.215 e. The Hall–Kier alpha value is -1.49. The quantitative estimate of drug-likeness (QED) is 0.764. The molecule has 1 fully saturated rings. The summed E-state index contributed by atoms with van der Waals surface area (Å²) in [6.07, 6.45) is 1.05. The van der Waals surface area contributed by atoms with E-state index in [1.165, 1.54) is 0 Å². The number of anilines is 2. The summed E-state index contributed by atoms with van der Waals surface area (Å²) >= 11 is 0. The lowest BCUT2D eigenvalue weighted by Gasteiger charge is -2.10. The average molecular weight is 209 g/mol. The van der Waals surface area contributed by atoms with Crippen LogP contribution in [-0.4, -0.2) is 24.8 Å². The fraction of sp³-hybridized carbons (Fsp3) is 0.500. The molecular formula is C10H15N3O2. The Morgan fingerprint density at radius 1 is 1.47 bits per heavy atom. The second-order valence-corrected chi connectivity index (χ2v) is 3.66. The van der Waals surface area contributed by atoms with Crippen LogP contribution in [0.25, 0.3) is 0 Å². The van der Waals surface area contributed by atoms with Crippen molar-refractivity contribution in [2.45, 2.75) is 6.42 Å². The lowest BCUT2D eigenvalue weighted by Crippen LogP contribution is -2.12. The van der Waals surface area contributed by atoms with Crippen LogP contribution in [0.2, 0.25) is 0 Å². The van der Waals surface area contributed by atoms with E-state index in [2.05, 4.69) is 4.98 Å². The third-order valence-electron chi connectivity index (χ3n) is 2.42. The van der Waals surface area contributed by atoms with Gasteiger partial charge in [0.2, 0.25) is 5.88 Å². The van der Waals surface area contributed by atoms with Crippen molar-refractivity contribution in [1.82, 2.24) is 4.98 Å². The molecule has 0 bridgehead atoms. The molecule has 5 heteroatoms. The Bertz CT molecular complexity index is 337. The molecule has 1 saturated heterocycles. The van der Waals surface area contributed by atoms with Crippen LogP contribution in [0.5, 0.6) is 5.88 Å². The van der Waals surface area contributed by atoms with Crippen molar-refractivity contribution in [2.24, 2.45) is 5.92 Å². The Kier molecular flexibility index (Phi) is 2.91. The number of aromatic nitrogens is 1. The monoisotopic (exact) mass is 209 g/mol. The molecular weight excluding hydrogens is 194 g/mol. The van der Waals surface area contributed by atoms with Gasteiger partial charge in [-0.25, -0.2) is 0 Å². The summed E-state index contributed by atoms with van der Waals surface area (Å²) < 4.78 is 10.7. The van der Waals surface area contributed by atoms with Crippen LogP contribution in [-0.2, 0) is 4.74 Å². The van der Waals surface area contributed by atoms with Crippen molar-refractivity contribution < 1.29 is 9.47 Å². The van der Waals surface area contributed by atoms with Gasteiger partial charge in [-0.15, -0.1) is 0 Å². The van der Waals surface area contributed by atoms with Gasteiger partial charge in [0.1, 0.15) is 0 Å². The molecule has 0 aromatic carbocycles. The zero-order valence-electron chi connectivity index (χ0n) is 8.48. The van der Waals surface area contributed by atoms with Gasteiger partial charge in [-0.1, -0.05) is 0 Å². The fourth-order valence-electron chi connectivity index (χ4n) is 1.47. The van der Waals surface area contributed by atoms with E-state index in [0.29, 0.717) is 29.9 Å². The van der Waals surface area contributed by atoms with Crippen LogP contribution in [0.15, 0.2) is 12.1 Å². The number of nitrogens with two attached hydrogens (primary N) is 2. The molecule has 2 heterocycles. The summed E-state index contributed by atoms with van der Waals surface area (Å²) in [5.41, 5.74) is 11.6. The van der Waals surface area contributed by atoms with Gasteiger partial charge < -0.3 is 20.9 Å². The van der Waals surface area contributed by atoms with E-state index < -0.39 is 0 Å². The van der Waals surface area contributed by atoms with Gasteiger partial charge in [-0.05, 0) is 12.5 Å². The number of ether oxygens (including phenoxy) is 2. The van der Waals surface area contributed by atoms with Gasteiger partial charge in [0.05, 0.1) is 18.9 Å². The minimum atomic E-state index is 0.315. The lowest BCUT2D eigenvalue weighted by atomic mass is 10.1. The Morgan fingerprint density at radius 3 is 3.00 bits per heavy atom. The van der Waals surface area contributed by atoms with Crippen molar-refractivity contribution in [3.63, 3.8) is 0 Å². The Labute approximate surface area is 88.4 Å². The van der Waals surface area contributed by atoms with E-state index in [1.54, 1.807) is 12.1 Å². The first-order valence-electron chi connectivity index (χ1n) is 4.98. The van der Waals surface area contributed by atoms with E-state index in [-0.39, 0.29) is 0 Å². The van der Waals surface area contributed by atoms with Gasteiger partial charge in [-0.3, -0.25) is 0 Å². The molecule has 0 saturated carbocycles. The standard InChI is InChI=1S/C10H15N3O2/c11-8-1-2-9(13-10(8)12)15-6-7-3-4-14-5-7/h1-2,7H,3-6,11H2,(H2,12,13). The molecule has 1 unspecified atom stereocenters. The summed E-state index contributed by atoms with van der Waals surface area (Å²) in [6.45, 7) is 2.21. The number of hydrogen-bond donors (Lipinski definition) is 2. The average Bonchev–Trinajstić information content (AvgIpc) is 2.73. The van der Waals surface area contributed by atoms with Crippen molar-refractivity contribution >= 4 is 11.5 Å². The van der Waals surface area contributed by atoms with Crippen molar-refractivity contribution in [3.8, 4) is 5.88 Å². The molecule has 1 aliphatic heterocycles. The Morgan fingerprint density at radius 2 is 2.33 bits per heavy atom. The van der Waals surface area contributed by atoms with E-state index in [4.69, 9.17) is 20.9 Å². The number of pyridine rings is 1. The minimum Gasteiger partial charge on any atom is -0.477 e. The zero-order valence-corrected chi connectivity index (χ0v) is 8.48.